The first-order valence-electron chi connectivity index (χ1n) is 7.75. The number of Topliss-reactive ketones (excluding diaryl/α,β-unsaturated/α-hetero) is 1. The second-order valence-electron chi connectivity index (χ2n) is 5.70. The molecule has 0 unspecified atom stereocenters. The fraction of sp³-hybridized carbons (Fsp3) is 0.235. The molecule has 26 heavy (non-hydrogen) atoms. The van der Waals surface area contributed by atoms with Gasteiger partial charge in [0.05, 0.1) is 6.33 Å². The molecule has 0 amide bonds. The molecule has 0 saturated carbocycles. The summed E-state index contributed by atoms with van der Waals surface area (Å²) >= 11 is 0. The number of imidazole rings is 1. The second-order valence-corrected chi connectivity index (χ2v) is 5.70. The van der Waals surface area contributed by atoms with Crippen LogP contribution >= 0.6 is 0 Å². The lowest BCUT2D eigenvalue weighted by Crippen LogP contribution is -2.37. The van der Waals surface area contributed by atoms with E-state index in [0.29, 0.717) is 5.56 Å². The van der Waals surface area contributed by atoms with Crippen LogP contribution in [0, 0.1) is 0 Å². The van der Waals surface area contributed by atoms with Gasteiger partial charge in [-0.25, -0.2) is 9.78 Å². The summed E-state index contributed by atoms with van der Waals surface area (Å²) in [5.74, 6) is -1.02. The van der Waals surface area contributed by atoms with E-state index >= 15 is 0 Å². The van der Waals surface area contributed by atoms with Gasteiger partial charge in [0.2, 0.25) is 0 Å². The van der Waals surface area contributed by atoms with Gasteiger partial charge in [-0.05, 0) is 0 Å². The maximum Gasteiger partial charge on any atom is 0.332 e. The van der Waals surface area contributed by atoms with Crippen LogP contribution in [0.15, 0.2) is 46.2 Å². The minimum atomic E-state index is -0.690. The van der Waals surface area contributed by atoms with E-state index in [4.69, 9.17) is 4.74 Å². The highest BCUT2D eigenvalue weighted by Gasteiger charge is 2.17. The van der Waals surface area contributed by atoms with Gasteiger partial charge >= 0.3 is 11.7 Å². The zero-order valence-electron chi connectivity index (χ0n) is 14.2. The van der Waals surface area contributed by atoms with E-state index in [2.05, 4.69) is 4.98 Å². The standard InChI is InChI=1S/C17H16N4O5/c1-19-15-14(16(24)20(2)17(19)25)21(10-18-15)8-13(23)26-9-12(22)11-6-4-3-5-7-11/h3-7,10H,8-9H2,1-2H3. The molecule has 3 rings (SSSR count). The van der Waals surface area contributed by atoms with E-state index in [1.165, 1.54) is 29.6 Å². The van der Waals surface area contributed by atoms with Gasteiger partial charge in [0.15, 0.2) is 23.6 Å². The number of esters is 1. The largest absolute Gasteiger partial charge is 0.456 e. The van der Waals surface area contributed by atoms with Gasteiger partial charge in [-0.3, -0.25) is 23.5 Å². The number of carbonyl (C=O) groups excluding carboxylic acids is 2. The molecule has 0 aliphatic rings. The Morgan fingerprint density at radius 3 is 2.46 bits per heavy atom. The molecule has 0 aliphatic carbocycles. The quantitative estimate of drug-likeness (QED) is 0.465. The average molecular weight is 356 g/mol. The van der Waals surface area contributed by atoms with Gasteiger partial charge in [-0.2, -0.15) is 0 Å². The van der Waals surface area contributed by atoms with E-state index in [9.17, 15) is 19.2 Å². The Balaban J connectivity index is 1.77. The molecule has 2 heterocycles. The number of ketones is 1. The van der Waals surface area contributed by atoms with Crippen molar-refractivity contribution in [2.75, 3.05) is 6.61 Å². The summed E-state index contributed by atoms with van der Waals surface area (Å²) < 4.78 is 8.44. The number of carbonyl (C=O) groups is 2. The molecule has 1 aromatic carbocycles. The van der Waals surface area contributed by atoms with Gasteiger partial charge < -0.3 is 9.30 Å². The molecule has 134 valence electrons. The Kier molecular flexibility index (Phi) is 4.53. The monoisotopic (exact) mass is 356 g/mol. The lowest BCUT2D eigenvalue weighted by molar-refractivity contribution is -0.143. The normalized spacial score (nSPS) is 10.8. The molecule has 0 N–H and O–H groups in total. The number of ether oxygens (including phenoxy) is 1. The van der Waals surface area contributed by atoms with Crippen LogP contribution in [0.3, 0.4) is 0 Å². The van der Waals surface area contributed by atoms with Crippen molar-refractivity contribution in [2.24, 2.45) is 14.1 Å². The van der Waals surface area contributed by atoms with Crippen LogP contribution in [0.2, 0.25) is 0 Å². The van der Waals surface area contributed by atoms with Crippen molar-refractivity contribution in [3.63, 3.8) is 0 Å². The van der Waals surface area contributed by atoms with Gasteiger partial charge in [0, 0.05) is 19.7 Å². The molecule has 0 fully saturated rings. The van der Waals surface area contributed by atoms with Crippen molar-refractivity contribution < 1.29 is 14.3 Å². The van der Waals surface area contributed by atoms with Crippen LogP contribution in [0.4, 0.5) is 0 Å². The minimum Gasteiger partial charge on any atom is -0.456 e. The molecule has 9 heteroatoms. The summed E-state index contributed by atoms with van der Waals surface area (Å²) in [5, 5.41) is 0. The second kappa shape index (κ2) is 6.79. The van der Waals surface area contributed by atoms with Gasteiger partial charge in [-0.15, -0.1) is 0 Å². The molecular weight excluding hydrogens is 340 g/mol. The molecular formula is C17H16N4O5. The molecule has 0 aliphatic heterocycles. The lowest BCUT2D eigenvalue weighted by atomic mass is 10.1. The number of benzene rings is 1. The smallest absolute Gasteiger partial charge is 0.332 e. The number of aryl methyl sites for hydroxylation is 1. The van der Waals surface area contributed by atoms with Crippen molar-refractivity contribution in [3.8, 4) is 0 Å². The number of aromatic nitrogens is 4. The summed E-state index contributed by atoms with van der Waals surface area (Å²) in [6.45, 7) is -0.696. The maximum atomic E-state index is 12.3. The van der Waals surface area contributed by atoms with Crippen LogP contribution in [0.25, 0.3) is 11.2 Å². The molecule has 0 radical (unpaired) electrons. The first-order chi connectivity index (χ1) is 12.4. The minimum absolute atomic E-state index is 0.112. The first kappa shape index (κ1) is 17.3. The summed E-state index contributed by atoms with van der Waals surface area (Å²) in [6.07, 6.45) is 1.28. The Hall–Kier alpha value is -3.49. The van der Waals surface area contributed by atoms with E-state index in [-0.39, 0.29) is 23.5 Å². The summed E-state index contributed by atoms with van der Waals surface area (Å²) in [7, 11) is 2.83. The third-order valence-electron chi connectivity index (χ3n) is 3.98. The van der Waals surface area contributed by atoms with Gasteiger partial charge in [0.1, 0.15) is 6.54 Å². The number of hydrogen-bond acceptors (Lipinski definition) is 6. The van der Waals surface area contributed by atoms with Crippen molar-refractivity contribution in [1.29, 1.82) is 0 Å². The van der Waals surface area contributed by atoms with E-state index in [0.717, 1.165) is 4.57 Å². The van der Waals surface area contributed by atoms with Crippen LogP contribution in [-0.4, -0.2) is 37.0 Å². The van der Waals surface area contributed by atoms with Crippen molar-refractivity contribution >= 4 is 22.9 Å². The molecule has 0 spiro atoms. The summed E-state index contributed by atoms with van der Waals surface area (Å²) in [4.78, 5) is 52.2. The fourth-order valence-corrected chi connectivity index (χ4v) is 2.55. The van der Waals surface area contributed by atoms with E-state index < -0.39 is 23.8 Å². The lowest BCUT2D eigenvalue weighted by Gasteiger charge is -2.07. The zero-order chi connectivity index (χ0) is 18.8. The predicted molar refractivity (Wildman–Crippen MR) is 91.9 cm³/mol. The Morgan fingerprint density at radius 2 is 1.77 bits per heavy atom. The van der Waals surface area contributed by atoms with Crippen molar-refractivity contribution in [1.82, 2.24) is 18.7 Å². The third-order valence-corrected chi connectivity index (χ3v) is 3.98. The Labute approximate surface area is 147 Å². The van der Waals surface area contributed by atoms with Crippen LogP contribution in [0.5, 0.6) is 0 Å². The molecule has 2 aromatic heterocycles. The molecule has 0 saturated heterocycles. The van der Waals surface area contributed by atoms with Gasteiger partial charge in [0.25, 0.3) is 5.56 Å². The highest BCUT2D eigenvalue weighted by Crippen LogP contribution is 2.06. The van der Waals surface area contributed by atoms with Crippen molar-refractivity contribution in [3.05, 3.63) is 63.1 Å². The topological polar surface area (TPSA) is 105 Å². The highest BCUT2D eigenvalue weighted by atomic mass is 16.5. The van der Waals surface area contributed by atoms with E-state index in [1.54, 1.807) is 30.3 Å². The zero-order valence-corrected chi connectivity index (χ0v) is 14.2. The van der Waals surface area contributed by atoms with Gasteiger partial charge in [-0.1, -0.05) is 30.3 Å². The SMILES string of the molecule is Cn1c(=O)c2c(ncn2CC(=O)OCC(=O)c2ccccc2)n(C)c1=O. The highest BCUT2D eigenvalue weighted by molar-refractivity contribution is 5.97. The molecule has 0 atom stereocenters. The maximum absolute atomic E-state index is 12.3. The predicted octanol–water partition coefficient (Wildman–Crippen LogP) is -0.140. The fourth-order valence-electron chi connectivity index (χ4n) is 2.55. The summed E-state index contributed by atoms with van der Waals surface area (Å²) in [6, 6.07) is 8.47. The number of fused-ring (bicyclic) bond motifs is 1. The van der Waals surface area contributed by atoms with E-state index in [1.807, 2.05) is 0 Å². The van der Waals surface area contributed by atoms with Crippen LogP contribution in [-0.2, 0) is 30.2 Å². The Morgan fingerprint density at radius 1 is 1.08 bits per heavy atom. The number of nitrogens with zero attached hydrogens (tertiary/aromatic N) is 4. The van der Waals surface area contributed by atoms with Crippen LogP contribution in [0.1, 0.15) is 10.4 Å². The molecule has 0 bridgehead atoms. The summed E-state index contributed by atoms with van der Waals surface area (Å²) in [5.41, 5.74) is -0.345. The number of hydrogen-bond donors (Lipinski definition) is 0. The van der Waals surface area contributed by atoms with Crippen LogP contribution < -0.4 is 11.2 Å². The first-order valence-corrected chi connectivity index (χ1v) is 7.75. The third kappa shape index (κ3) is 3.06. The number of rotatable bonds is 5. The average Bonchev–Trinajstić information content (AvgIpc) is 3.07. The van der Waals surface area contributed by atoms with Crippen molar-refractivity contribution in [2.45, 2.75) is 6.54 Å². The molecule has 9 nitrogen and oxygen atoms in total. The molecule has 3 aromatic rings. The Bertz CT molecular complexity index is 1110.